The molecule has 202 valence electrons. The zero-order valence-corrected chi connectivity index (χ0v) is 23.5. The molecule has 0 aliphatic heterocycles. The minimum absolute atomic E-state index is 0.620. The van der Waals surface area contributed by atoms with Crippen LogP contribution in [0.4, 0.5) is 0 Å². The van der Waals surface area contributed by atoms with E-state index in [-0.39, 0.29) is 0 Å². The maximum Gasteiger partial charge on any atom is 0.144 e. The Bertz CT molecular complexity index is 2150. The minimum Gasteiger partial charge on any atom is -0.457 e. The van der Waals surface area contributed by atoms with Gasteiger partial charge in [-0.15, -0.1) is 0 Å². The van der Waals surface area contributed by atoms with Crippen molar-refractivity contribution in [2.75, 3.05) is 0 Å². The Labute approximate surface area is 243 Å². The molecule has 7 aromatic rings. The number of nitrogens with zero attached hydrogens (tertiary/aromatic N) is 5. The number of imidazole rings is 1. The fourth-order valence-electron chi connectivity index (χ4n) is 5.73. The number of aromatic nitrogens is 4. The summed E-state index contributed by atoms with van der Waals surface area (Å²) in [6, 6.07) is 32.5. The Morgan fingerprint density at radius 1 is 0.714 bits per heavy atom. The van der Waals surface area contributed by atoms with Crippen molar-refractivity contribution in [2.24, 2.45) is 0 Å². The molecule has 3 heterocycles. The van der Waals surface area contributed by atoms with Crippen molar-refractivity contribution in [2.45, 2.75) is 20.8 Å². The average Bonchev–Trinajstić information content (AvgIpc) is 3.61. The summed E-state index contributed by atoms with van der Waals surface area (Å²) >= 11 is 0. The largest absolute Gasteiger partial charge is 0.457 e. The van der Waals surface area contributed by atoms with Crippen LogP contribution in [-0.4, -0.2) is 19.1 Å². The third-order valence-corrected chi connectivity index (χ3v) is 7.74. The van der Waals surface area contributed by atoms with Crippen LogP contribution < -0.4 is 4.74 Å². The first kappa shape index (κ1) is 25.3. The number of pyridine rings is 1. The highest BCUT2D eigenvalue weighted by Crippen LogP contribution is 2.37. The first-order valence-electron chi connectivity index (χ1n) is 13.8. The topological polar surface area (TPSA) is 68.7 Å². The van der Waals surface area contributed by atoms with E-state index in [1.54, 1.807) is 6.20 Å². The maximum atomic E-state index is 9.53. The van der Waals surface area contributed by atoms with E-state index in [0.717, 1.165) is 56.0 Å². The smallest absolute Gasteiger partial charge is 0.144 e. The second-order valence-corrected chi connectivity index (χ2v) is 10.5. The normalized spacial score (nSPS) is 11.2. The number of fused-ring (bicyclic) bond motifs is 3. The lowest BCUT2D eigenvalue weighted by Crippen LogP contribution is -2.01. The lowest BCUT2D eigenvalue weighted by molar-refractivity contribution is 0.479. The molecule has 0 N–H and O–H groups in total. The first-order valence-corrected chi connectivity index (χ1v) is 13.8. The highest BCUT2D eigenvalue weighted by atomic mass is 16.5. The van der Waals surface area contributed by atoms with Gasteiger partial charge >= 0.3 is 0 Å². The van der Waals surface area contributed by atoms with Crippen LogP contribution in [0.2, 0.25) is 0 Å². The number of hydrogen-bond donors (Lipinski definition) is 0. The summed E-state index contributed by atoms with van der Waals surface area (Å²) in [4.78, 5) is 9.35. The second-order valence-electron chi connectivity index (χ2n) is 10.5. The number of ether oxygens (including phenoxy) is 1. The van der Waals surface area contributed by atoms with Gasteiger partial charge in [-0.25, -0.2) is 9.97 Å². The van der Waals surface area contributed by atoms with Crippen molar-refractivity contribution < 1.29 is 4.74 Å². The molecule has 0 amide bonds. The predicted molar refractivity (Wildman–Crippen MR) is 167 cm³/mol. The molecule has 42 heavy (non-hydrogen) atoms. The van der Waals surface area contributed by atoms with Crippen molar-refractivity contribution in [1.29, 1.82) is 5.26 Å². The van der Waals surface area contributed by atoms with E-state index in [1.807, 2.05) is 67.8 Å². The lowest BCUT2D eigenvalue weighted by atomic mass is 10.1. The van der Waals surface area contributed by atoms with Gasteiger partial charge in [0.05, 0.1) is 28.4 Å². The van der Waals surface area contributed by atoms with E-state index in [2.05, 4.69) is 76.5 Å². The standard InChI is InChI=1S/C36H27N5O/c1-23-10-12-27(36-39-17-18-40(36)35-24(2)7-6-8-25(35)3)20-33(23)42-28-13-14-29-30-19-26(22-37)11-15-31(30)41(32(29)21-28)34-9-4-5-16-38-34/h4-21H,1-3H3. The molecule has 0 spiro atoms. The van der Waals surface area contributed by atoms with Crippen molar-refractivity contribution >= 4 is 21.8 Å². The molecule has 3 aromatic heterocycles. The second kappa shape index (κ2) is 10.1. The van der Waals surface area contributed by atoms with Gasteiger partial charge in [0, 0.05) is 41.0 Å². The SMILES string of the molecule is Cc1ccc(-c2nccn2-c2c(C)cccc2C)cc1Oc1ccc2c3cc(C#N)ccc3n(-c3ccccn3)c2c1. The number of para-hydroxylation sites is 1. The molecule has 0 aliphatic rings. The lowest BCUT2D eigenvalue weighted by Gasteiger charge is -2.15. The number of nitriles is 1. The summed E-state index contributed by atoms with van der Waals surface area (Å²) in [5, 5.41) is 11.6. The van der Waals surface area contributed by atoms with Gasteiger partial charge in [0.1, 0.15) is 23.1 Å². The number of hydrogen-bond acceptors (Lipinski definition) is 4. The summed E-state index contributed by atoms with van der Waals surface area (Å²) in [6.45, 7) is 6.29. The highest BCUT2D eigenvalue weighted by molar-refractivity contribution is 6.09. The summed E-state index contributed by atoms with van der Waals surface area (Å²) in [5.74, 6) is 3.13. The Morgan fingerprint density at radius 2 is 1.57 bits per heavy atom. The van der Waals surface area contributed by atoms with Gasteiger partial charge in [-0.3, -0.25) is 9.13 Å². The monoisotopic (exact) mass is 545 g/mol. The van der Waals surface area contributed by atoms with E-state index in [0.29, 0.717) is 11.3 Å². The van der Waals surface area contributed by atoms with Gasteiger partial charge in [-0.2, -0.15) is 5.26 Å². The van der Waals surface area contributed by atoms with Gasteiger partial charge in [0.25, 0.3) is 0 Å². The van der Waals surface area contributed by atoms with Gasteiger partial charge in [-0.1, -0.05) is 36.4 Å². The maximum absolute atomic E-state index is 9.53. The quantitative estimate of drug-likeness (QED) is 0.217. The van der Waals surface area contributed by atoms with Crippen LogP contribution in [0.15, 0.2) is 110 Å². The summed E-state index contributed by atoms with van der Waals surface area (Å²) < 4.78 is 10.8. The molecular weight excluding hydrogens is 518 g/mol. The minimum atomic E-state index is 0.620. The number of benzene rings is 4. The molecule has 4 aromatic carbocycles. The Hall–Kier alpha value is -5.67. The molecule has 0 aliphatic carbocycles. The number of rotatable bonds is 5. The Balaban J connectivity index is 1.33. The zero-order chi connectivity index (χ0) is 28.8. The summed E-state index contributed by atoms with van der Waals surface area (Å²) in [6.07, 6.45) is 5.63. The molecule has 0 fully saturated rings. The van der Waals surface area contributed by atoms with Crippen LogP contribution in [0.25, 0.3) is 44.7 Å². The van der Waals surface area contributed by atoms with Crippen LogP contribution in [-0.2, 0) is 0 Å². The molecule has 6 heteroatoms. The average molecular weight is 546 g/mol. The fourth-order valence-corrected chi connectivity index (χ4v) is 5.73. The molecule has 0 bridgehead atoms. The van der Waals surface area contributed by atoms with Crippen LogP contribution in [0.3, 0.4) is 0 Å². The van der Waals surface area contributed by atoms with Crippen LogP contribution in [0, 0.1) is 32.1 Å². The molecule has 6 nitrogen and oxygen atoms in total. The molecule has 0 saturated heterocycles. The van der Waals surface area contributed by atoms with E-state index >= 15 is 0 Å². The van der Waals surface area contributed by atoms with Crippen LogP contribution in [0.1, 0.15) is 22.3 Å². The third-order valence-electron chi connectivity index (χ3n) is 7.74. The predicted octanol–water partition coefficient (Wildman–Crippen LogP) is 8.62. The summed E-state index contributed by atoms with van der Waals surface area (Å²) in [7, 11) is 0. The van der Waals surface area contributed by atoms with Crippen molar-refractivity contribution in [3.63, 3.8) is 0 Å². The summed E-state index contributed by atoms with van der Waals surface area (Å²) in [5.41, 5.74) is 8.07. The van der Waals surface area contributed by atoms with Crippen LogP contribution >= 0.6 is 0 Å². The first-order chi connectivity index (χ1) is 20.5. The van der Waals surface area contributed by atoms with Crippen molar-refractivity contribution in [3.8, 4) is 40.5 Å². The van der Waals surface area contributed by atoms with Gasteiger partial charge in [0.15, 0.2) is 0 Å². The highest BCUT2D eigenvalue weighted by Gasteiger charge is 2.17. The van der Waals surface area contributed by atoms with E-state index < -0.39 is 0 Å². The molecule has 0 saturated carbocycles. The Kier molecular flexibility index (Phi) is 6.06. The van der Waals surface area contributed by atoms with Gasteiger partial charge in [-0.05, 0) is 86.0 Å². The van der Waals surface area contributed by atoms with E-state index in [9.17, 15) is 5.26 Å². The van der Waals surface area contributed by atoms with Crippen LogP contribution in [0.5, 0.6) is 11.5 Å². The third kappa shape index (κ3) is 4.20. The number of aryl methyl sites for hydroxylation is 3. The Morgan fingerprint density at radius 3 is 2.36 bits per heavy atom. The van der Waals surface area contributed by atoms with Gasteiger partial charge in [0.2, 0.25) is 0 Å². The molecular formula is C36H27N5O. The molecule has 0 atom stereocenters. The van der Waals surface area contributed by atoms with Crippen molar-refractivity contribution in [3.05, 3.63) is 132 Å². The molecule has 0 radical (unpaired) electrons. The zero-order valence-electron chi connectivity index (χ0n) is 23.5. The molecule has 0 unspecified atom stereocenters. The van der Waals surface area contributed by atoms with E-state index in [1.165, 1.54) is 11.1 Å². The van der Waals surface area contributed by atoms with E-state index in [4.69, 9.17) is 9.72 Å². The fraction of sp³-hybridized carbons (Fsp3) is 0.0833. The van der Waals surface area contributed by atoms with Gasteiger partial charge < -0.3 is 4.74 Å². The molecule has 7 rings (SSSR count). The van der Waals surface area contributed by atoms with Crippen molar-refractivity contribution in [1.82, 2.24) is 19.1 Å².